The van der Waals surface area contributed by atoms with E-state index in [0.717, 1.165) is 10.00 Å². The fraction of sp³-hybridized carbons (Fsp3) is 0.538. The molecule has 1 aromatic heterocycles. The Hall–Kier alpha value is -1.51. The van der Waals surface area contributed by atoms with Gasteiger partial charge in [-0.25, -0.2) is 0 Å². The summed E-state index contributed by atoms with van der Waals surface area (Å²) >= 11 is 0. The van der Waals surface area contributed by atoms with Crippen LogP contribution < -0.4 is 0 Å². The van der Waals surface area contributed by atoms with E-state index in [2.05, 4.69) is 9.72 Å². The van der Waals surface area contributed by atoms with E-state index in [-0.39, 0.29) is 19.5 Å². The summed E-state index contributed by atoms with van der Waals surface area (Å²) in [5.74, 6) is -0.444. The van der Waals surface area contributed by atoms with Gasteiger partial charge in [0.2, 0.25) is 0 Å². The molecule has 1 heterocycles. The molecule has 0 aliphatic carbocycles. The van der Waals surface area contributed by atoms with Crippen molar-refractivity contribution in [2.75, 3.05) is 27.7 Å². The fourth-order valence-electron chi connectivity index (χ4n) is 1.70. The Bertz CT molecular complexity index is 589. The van der Waals surface area contributed by atoms with Crippen molar-refractivity contribution in [2.45, 2.75) is 19.9 Å². The number of methoxy groups -OCH3 is 1. The fourth-order valence-corrected chi connectivity index (χ4v) is 2.79. The second-order valence-corrected chi connectivity index (χ2v) is 6.82. The SMILES string of the molecule is COC(=O)CCN(C)S(=O)(=O)N(C)Cc1cccc(C)n1. The summed E-state index contributed by atoms with van der Waals surface area (Å²) in [4.78, 5) is 15.3. The summed E-state index contributed by atoms with van der Waals surface area (Å²) in [7, 11) is 0.544. The summed E-state index contributed by atoms with van der Waals surface area (Å²) in [5, 5.41) is 0. The maximum atomic E-state index is 12.3. The molecule has 118 valence electrons. The predicted octanol–water partition coefficient (Wildman–Crippen LogP) is 0.562. The largest absolute Gasteiger partial charge is 0.469 e. The molecule has 0 bridgehead atoms. The molecule has 21 heavy (non-hydrogen) atoms. The van der Waals surface area contributed by atoms with Gasteiger partial charge in [0.25, 0.3) is 10.2 Å². The Morgan fingerprint density at radius 2 is 1.95 bits per heavy atom. The van der Waals surface area contributed by atoms with Crippen molar-refractivity contribution in [2.24, 2.45) is 0 Å². The van der Waals surface area contributed by atoms with Gasteiger partial charge in [0.1, 0.15) is 0 Å². The number of rotatable bonds is 7. The summed E-state index contributed by atoms with van der Waals surface area (Å²) in [5.41, 5.74) is 1.50. The lowest BCUT2D eigenvalue weighted by atomic mass is 10.3. The zero-order valence-electron chi connectivity index (χ0n) is 12.7. The monoisotopic (exact) mass is 315 g/mol. The highest BCUT2D eigenvalue weighted by atomic mass is 32.2. The third kappa shape index (κ3) is 5.07. The highest BCUT2D eigenvalue weighted by Crippen LogP contribution is 2.09. The highest BCUT2D eigenvalue weighted by molar-refractivity contribution is 7.86. The zero-order chi connectivity index (χ0) is 16.0. The summed E-state index contributed by atoms with van der Waals surface area (Å²) in [6, 6.07) is 5.45. The van der Waals surface area contributed by atoms with Crippen LogP contribution in [0.1, 0.15) is 17.8 Å². The minimum atomic E-state index is -3.64. The molecule has 0 atom stereocenters. The predicted molar refractivity (Wildman–Crippen MR) is 78.6 cm³/mol. The number of hydrogen-bond acceptors (Lipinski definition) is 5. The van der Waals surface area contributed by atoms with Crippen LogP contribution in [0.15, 0.2) is 18.2 Å². The molecular formula is C13H21N3O4S. The number of aryl methyl sites for hydroxylation is 1. The van der Waals surface area contributed by atoms with Crippen molar-refractivity contribution in [1.82, 2.24) is 13.6 Å². The number of pyridine rings is 1. The lowest BCUT2D eigenvalue weighted by Crippen LogP contribution is -2.40. The Morgan fingerprint density at radius 3 is 2.52 bits per heavy atom. The van der Waals surface area contributed by atoms with Gasteiger partial charge in [0, 0.05) is 26.3 Å². The Balaban J connectivity index is 2.70. The number of esters is 1. The molecule has 0 N–H and O–H groups in total. The van der Waals surface area contributed by atoms with Crippen LogP contribution in [-0.4, -0.2) is 55.7 Å². The van der Waals surface area contributed by atoms with Crippen molar-refractivity contribution in [3.63, 3.8) is 0 Å². The Kier molecular flexibility index (Phi) is 6.25. The van der Waals surface area contributed by atoms with E-state index in [1.165, 1.54) is 25.5 Å². The van der Waals surface area contributed by atoms with Gasteiger partial charge >= 0.3 is 5.97 Å². The minimum Gasteiger partial charge on any atom is -0.469 e. The topological polar surface area (TPSA) is 79.8 Å². The van der Waals surface area contributed by atoms with Gasteiger partial charge in [-0.2, -0.15) is 17.0 Å². The molecule has 0 aliphatic heterocycles. The number of carbonyl (C=O) groups is 1. The van der Waals surface area contributed by atoms with Gasteiger partial charge in [0.15, 0.2) is 0 Å². The molecule has 1 rings (SSSR count). The van der Waals surface area contributed by atoms with E-state index >= 15 is 0 Å². The van der Waals surface area contributed by atoms with Crippen LogP contribution in [0, 0.1) is 6.92 Å². The smallest absolute Gasteiger partial charge is 0.306 e. The first-order chi connectivity index (χ1) is 9.77. The normalized spacial score (nSPS) is 11.9. The number of nitrogens with zero attached hydrogens (tertiary/aromatic N) is 3. The van der Waals surface area contributed by atoms with Crippen molar-refractivity contribution < 1.29 is 17.9 Å². The molecular weight excluding hydrogens is 294 g/mol. The lowest BCUT2D eigenvalue weighted by molar-refractivity contribution is -0.140. The van der Waals surface area contributed by atoms with Crippen LogP contribution >= 0.6 is 0 Å². The molecule has 1 aromatic rings. The molecule has 0 radical (unpaired) electrons. The maximum Gasteiger partial charge on any atom is 0.306 e. The number of ether oxygens (including phenoxy) is 1. The van der Waals surface area contributed by atoms with Gasteiger partial charge in [-0.15, -0.1) is 0 Å². The molecule has 0 aromatic carbocycles. The van der Waals surface area contributed by atoms with E-state index in [9.17, 15) is 13.2 Å². The first kappa shape index (κ1) is 17.5. The number of hydrogen-bond donors (Lipinski definition) is 0. The Labute approximate surface area is 125 Å². The van der Waals surface area contributed by atoms with E-state index < -0.39 is 16.2 Å². The third-order valence-electron chi connectivity index (χ3n) is 2.98. The van der Waals surface area contributed by atoms with Crippen molar-refractivity contribution in [1.29, 1.82) is 0 Å². The summed E-state index contributed by atoms with van der Waals surface area (Å²) < 4.78 is 31.4. The van der Waals surface area contributed by atoms with E-state index in [4.69, 9.17) is 0 Å². The van der Waals surface area contributed by atoms with Crippen LogP contribution in [0.2, 0.25) is 0 Å². The van der Waals surface area contributed by atoms with Gasteiger partial charge < -0.3 is 4.74 Å². The van der Waals surface area contributed by atoms with E-state index in [1.807, 2.05) is 19.1 Å². The maximum absolute atomic E-state index is 12.3. The second-order valence-electron chi connectivity index (χ2n) is 4.68. The second kappa shape index (κ2) is 7.48. The molecule has 7 nitrogen and oxygen atoms in total. The molecule has 0 unspecified atom stereocenters. The van der Waals surface area contributed by atoms with Crippen LogP contribution in [0.3, 0.4) is 0 Å². The summed E-state index contributed by atoms with van der Waals surface area (Å²) in [6.07, 6.45) is 0.0166. The minimum absolute atomic E-state index is 0.0166. The van der Waals surface area contributed by atoms with Crippen molar-refractivity contribution in [3.05, 3.63) is 29.6 Å². The molecule has 0 saturated carbocycles. The molecule has 8 heteroatoms. The van der Waals surface area contributed by atoms with Crippen LogP contribution in [0.5, 0.6) is 0 Å². The average Bonchev–Trinajstić information content (AvgIpc) is 2.44. The first-order valence-electron chi connectivity index (χ1n) is 6.44. The first-order valence-corrected chi connectivity index (χ1v) is 7.84. The van der Waals surface area contributed by atoms with E-state index in [1.54, 1.807) is 6.07 Å². The van der Waals surface area contributed by atoms with Crippen LogP contribution in [0.4, 0.5) is 0 Å². The average molecular weight is 315 g/mol. The molecule has 0 spiro atoms. The molecule has 0 amide bonds. The van der Waals surface area contributed by atoms with Crippen molar-refractivity contribution >= 4 is 16.2 Å². The van der Waals surface area contributed by atoms with E-state index in [0.29, 0.717) is 5.69 Å². The molecule has 0 saturated heterocycles. The van der Waals surface area contributed by atoms with Gasteiger partial charge in [-0.05, 0) is 19.1 Å². The van der Waals surface area contributed by atoms with Crippen LogP contribution in [-0.2, 0) is 26.3 Å². The molecule has 0 fully saturated rings. The Morgan fingerprint density at radius 1 is 1.29 bits per heavy atom. The van der Waals surface area contributed by atoms with Gasteiger partial charge in [0.05, 0.1) is 25.8 Å². The summed E-state index contributed by atoms with van der Waals surface area (Å²) in [6.45, 7) is 2.09. The van der Waals surface area contributed by atoms with Gasteiger partial charge in [-0.3, -0.25) is 9.78 Å². The highest BCUT2D eigenvalue weighted by Gasteiger charge is 2.24. The number of carbonyl (C=O) groups excluding carboxylic acids is 1. The lowest BCUT2D eigenvalue weighted by Gasteiger charge is -2.23. The zero-order valence-corrected chi connectivity index (χ0v) is 13.6. The quantitative estimate of drug-likeness (QED) is 0.687. The third-order valence-corrected chi connectivity index (χ3v) is 4.86. The van der Waals surface area contributed by atoms with Gasteiger partial charge in [-0.1, -0.05) is 6.07 Å². The van der Waals surface area contributed by atoms with Crippen molar-refractivity contribution in [3.8, 4) is 0 Å². The van der Waals surface area contributed by atoms with Crippen LogP contribution in [0.25, 0.3) is 0 Å². The number of aromatic nitrogens is 1. The molecule has 0 aliphatic rings. The standard InChI is InChI=1S/C13H21N3O4S/c1-11-6-5-7-12(14-11)10-16(3)21(18,19)15(2)9-8-13(17)20-4/h5-7H,8-10H2,1-4H3.